The molecule has 0 fully saturated rings. The van der Waals surface area contributed by atoms with Crippen LogP contribution in [-0.2, 0) is 22.5 Å². The van der Waals surface area contributed by atoms with Gasteiger partial charge in [-0.25, -0.2) is 9.37 Å². The molecule has 134 valence electrons. The number of rotatable bonds is 5. The summed E-state index contributed by atoms with van der Waals surface area (Å²) < 4.78 is 20.3. The van der Waals surface area contributed by atoms with Gasteiger partial charge in [0.05, 0.1) is 12.2 Å². The molecule has 1 aromatic carbocycles. The van der Waals surface area contributed by atoms with Crippen LogP contribution in [0.2, 0.25) is 0 Å². The minimum absolute atomic E-state index is 0.0290. The van der Waals surface area contributed by atoms with Crippen LogP contribution in [0.3, 0.4) is 0 Å². The van der Waals surface area contributed by atoms with Gasteiger partial charge in [0.2, 0.25) is 0 Å². The highest BCUT2D eigenvalue weighted by Gasteiger charge is 2.24. The van der Waals surface area contributed by atoms with Gasteiger partial charge in [-0.05, 0) is 42.3 Å². The highest BCUT2D eigenvalue weighted by atomic mass is 19.1. The summed E-state index contributed by atoms with van der Waals surface area (Å²) in [6, 6.07) is 8.98. The van der Waals surface area contributed by atoms with E-state index in [1.165, 1.54) is 13.2 Å². The molecule has 0 radical (unpaired) electrons. The number of anilines is 2. The lowest BCUT2D eigenvalue weighted by molar-refractivity contribution is -0.122. The highest BCUT2D eigenvalue weighted by Crippen LogP contribution is 2.30. The molecule has 1 N–H and O–H groups in total. The van der Waals surface area contributed by atoms with Gasteiger partial charge in [0, 0.05) is 37.4 Å². The van der Waals surface area contributed by atoms with Gasteiger partial charge in [-0.2, -0.15) is 0 Å². The van der Waals surface area contributed by atoms with Crippen LogP contribution in [0, 0.1) is 5.82 Å². The summed E-state index contributed by atoms with van der Waals surface area (Å²) in [7, 11) is 1.52. The van der Waals surface area contributed by atoms with Crippen molar-refractivity contribution in [1.29, 1.82) is 0 Å². The van der Waals surface area contributed by atoms with Crippen molar-refractivity contribution in [2.75, 3.05) is 30.5 Å². The van der Waals surface area contributed by atoms with E-state index in [0.29, 0.717) is 18.7 Å². The number of pyridine rings is 1. The number of fused-ring (bicyclic) bond motifs is 2. The van der Waals surface area contributed by atoms with Gasteiger partial charge >= 0.3 is 0 Å². The number of hydrogen-bond acceptors (Lipinski definition) is 4. The van der Waals surface area contributed by atoms with Crippen LogP contribution >= 0.6 is 0 Å². The van der Waals surface area contributed by atoms with Crippen molar-refractivity contribution in [1.82, 2.24) is 9.38 Å². The number of aromatic nitrogens is 2. The van der Waals surface area contributed by atoms with Crippen LogP contribution in [0.1, 0.15) is 11.3 Å². The zero-order chi connectivity index (χ0) is 18.1. The predicted molar refractivity (Wildman–Crippen MR) is 96.9 cm³/mol. The average Bonchev–Trinajstić information content (AvgIpc) is 3.24. The smallest absolute Gasteiger partial charge is 0.252 e. The molecule has 26 heavy (non-hydrogen) atoms. The first-order chi connectivity index (χ1) is 12.7. The normalized spacial score (nSPS) is 13.2. The van der Waals surface area contributed by atoms with Crippen LogP contribution in [0.5, 0.6) is 0 Å². The number of carbonyl (C=O) groups excluding carboxylic acids is 1. The minimum Gasteiger partial charge on any atom is -0.379 e. The van der Waals surface area contributed by atoms with Crippen molar-refractivity contribution in [2.45, 2.75) is 13.0 Å². The molecular weight excluding hydrogens is 335 g/mol. The van der Waals surface area contributed by atoms with Crippen LogP contribution in [0.4, 0.5) is 15.8 Å². The number of amides is 1. The third kappa shape index (κ3) is 3.01. The lowest BCUT2D eigenvalue weighted by Crippen LogP contribution is -2.31. The number of methoxy groups -OCH3 is 1. The number of nitrogens with one attached hydrogen (secondary N) is 1. The molecule has 0 saturated carbocycles. The lowest BCUT2D eigenvalue weighted by atomic mass is 10.1. The Kier molecular flexibility index (Phi) is 4.30. The zero-order valence-electron chi connectivity index (χ0n) is 14.4. The molecular formula is C19H19FN4O2. The molecule has 3 heterocycles. The largest absolute Gasteiger partial charge is 0.379 e. The van der Waals surface area contributed by atoms with E-state index in [0.717, 1.165) is 29.1 Å². The molecule has 1 aliphatic heterocycles. The van der Waals surface area contributed by atoms with E-state index < -0.39 is 0 Å². The molecule has 0 bridgehead atoms. The second kappa shape index (κ2) is 6.76. The average molecular weight is 354 g/mol. The third-order valence-electron chi connectivity index (χ3n) is 4.50. The van der Waals surface area contributed by atoms with Crippen molar-refractivity contribution in [2.24, 2.45) is 0 Å². The number of halogens is 1. The summed E-state index contributed by atoms with van der Waals surface area (Å²) in [5.41, 5.74) is 4.09. The molecule has 0 saturated heterocycles. The summed E-state index contributed by atoms with van der Waals surface area (Å²) in [5.74, 6) is -0.365. The Morgan fingerprint density at radius 2 is 2.27 bits per heavy atom. The maximum atomic E-state index is 13.7. The van der Waals surface area contributed by atoms with E-state index in [-0.39, 0.29) is 18.3 Å². The third-order valence-corrected chi connectivity index (χ3v) is 4.50. The van der Waals surface area contributed by atoms with Gasteiger partial charge in [-0.15, -0.1) is 0 Å². The number of benzene rings is 1. The first-order valence-electron chi connectivity index (χ1n) is 8.44. The molecule has 0 atom stereocenters. The van der Waals surface area contributed by atoms with E-state index in [1.54, 1.807) is 21.6 Å². The number of ether oxygens (including phenoxy) is 1. The quantitative estimate of drug-likeness (QED) is 0.765. The zero-order valence-corrected chi connectivity index (χ0v) is 14.4. The van der Waals surface area contributed by atoms with Crippen LogP contribution < -0.4 is 10.2 Å². The molecule has 6 nitrogen and oxygen atoms in total. The Morgan fingerprint density at radius 3 is 3.08 bits per heavy atom. The van der Waals surface area contributed by atoms with E-state index >= 15 is 0 Å². The Bertz CT molecular complexity index is 969. The standard InChI is InChI=1S/C19H19FN4O2/c1-26-12-18(25)24-8-6-13-9-14(4-5-17(13)24)21-10-15-11-23-7-2-3-16(20)19(23)22-15/h2-5,7,9,11,21H,6,8,10,12H2,1H3. The summed E-state index contributed by atoms with van der Waals surface area (Å²) in [4.78, 5) is 18.1. The van der Waals surface area contributed by atoms with E-state index in [4.69, 9.17) is 4.74 Å². The molecule has 1 aliphatic rings. The van der Waals surface area contributed by atoms with Gasteiger partial charge in [0.1, 0.15) is 6.61 Å². The lowest BCUT2D eigenvalue weighted by Gasteiger charge is -2.17. The monoisotopic (exact) mass is 354 g/mol. The fourth-order valence-electron chi connectivity index (χ4n) is 3.28. The van der Waals surface area contributed by atoms with Gasteiger partial charge < -0.3 is 19.4 Å². The Balaban J connectivity index is 1.48. The Morgan fingerprint density at radius 1 is 1.38 bits per heavy atom. The van der Waals surface area contributed by atoms with Crippen molar-refractivity contribution in [3.8, 4) is 0 Å². The van der Waals surface area contributed by atoms with E-state index in [1.807, 2.05) is 24.4 Å². The molecule has 0 unspecified atom stereocenters. The van der Waals surface area contributed by atoms with Crippen molar-refractivity contribution < 1.29 is 13.9 Å². The number of carbonyl (C=O) groups is 1. The van der Waals surface area contributed by atoms with Gasteiger partial charge in [0.15, 0.2) is 11.5 Å². The van der Waals surface area contributed by atoms with Crippen LogP contribution in [-0.4, -0.2) is 35.6 Å². The maximum absolute atomic E-state index is 13.7. The minimum atomic E-state index is -0.336. The van der Waals surface area contributed by atoms with Crippen molar-refractivity contribution in [3.63, 3.8) is 0 Å². The number of hydrogen-bond donors (Lipinski definition) is 1. The maximum Gasteiger partial charge on any atom is 0.252 e. The predicted octanol–water partition coefficient (Wildman–Crippen LogP) is 2.62. The highest BCUT2D eigenvalue weighted by molar-refractivity contribution is 5.96. The Hall–Kier alpha value is -2.93. The van der Waals surface area contributed by atoms with Gasteiger partial charge in [0.25, 0.3) is 5.91 Å². The summed E-state index contributed by atoms with van der Waals surface area (Å²) in [5, 5.41) is 3.31. The van der Waals surface area contributed by atoms with E-state index in [9.17, 15) is 9.18 Å². The van der Waals surface area contributed by atoms with Crippen LogP contribution in [0.25, 0.3) is 5.65 Å². The fraction of sp³-hybridized carbons (Fsp3) is 0.263. The van der Waals surface area contributed by atoms with Crippen LogP contribution in [0.15, 0.2) is 42.7 Å². The Labute approximate surface area is 150 Å². The van der Waals surface area contributed by atoms with Crippen molar-refractivity contribution in [3.05, 3.63) is 59.8 Å². The molecule has 2 aromatic heterocycles. The molecule has 0 spiro atoms. The topological polar surface area (TPSA) is 58.9 Å². The summed E-state index contributed by atoms with van der Waals surface area (Å²) in [6.45, 7) is 1.25. The first-order valence-corrected chi connectivity index (χ1v) is 8.44. The van der Waals surface area contributed by atoms with Crippen molar-refractivity contribution >= 4 is 22.9 Å². The fourth-order valence-corrected chi connectivity index (χ4v) is 3.28. The summed E-state index contributed by atoms with van der Waals surface area (Å²) in [6.07, 6.45) is 4.40. The SMILES string of the molecule is COCC(=O)N1CCc2cc(NCc3cn4cccc(F)c4n3)ccc21. The van der Waals surface area contributed by atoms with E-state index in [2.05, 4.69) is 10.3 Å². The first kappa shape index (κ1) is 16.5. The summed E-state index contributed by atoms with van der Waals surface area (Å²) >= 11 is 0. The molecule has 0 aliphatic carbocycles. The molecule has 1 amide bonds. The number of imidazole rings is 1. The second-order valence-corrected chi connectivity index (χ2v) is 6.24. The molecule has 7 heteroatoms. The number of nitrogens with zero attached hydrogens (tertiary/aromatic N) is 3. The second-order valence-electron chi connectivity index (χ2n) is 6.24. The molecule has 4 rings (SSSR count). The van der Waals surface area contributed by atoms with Gasteiger partial charge in [-0.1, -0.05) is 0 Å². The van der Waals surface area contributed by atoms with Gasteiger partial charge in [-0.3, -0.25) is 4.79 Å². The molecule has 3 aromatic rings.